The van der Waals surface area contributed by atoms with Crippen molar-refractivity contribution in [3.8, 4) is 0 Å². The molecule has 4 aromatic carbocycles. The van der Waals surface area contributed by atoms with Gasteiger partial charge in [-0.15, -0.1) is 0 Å². The van der Waals surface area contributed by atoms with Gasteiger partial charge in [0, 0.05) is 10.6 Å². The molecule has 42 heavy (non-hydrogen) atoms. The minimum atomic E-state index is -4.57. The largest absolute Gasteiger partial charge is 0.481 e. The maximum Gasteiger partial charge on any atom is 0.416 e. The van der Waals surface area contributed by atoms with Gasteiger partial charge in [-0.2, -0.15) is 13.2 Å². The number of alkyl halides is 3. The highest BCUT2D eigenvalue weighted by molar-refractivity contribution is 6.30. The maximum absolute atomic E-state index is 13.7. The summed E-state index contributed by atoms with van der Waals surface area (Å²) in [4.78, 5) is 39.4. The topological polar surface area (TPSA) is 83.5 Å². The van der Waals surface area contributed by atoms with Crippen molar-refractivity contribution >= 4 is 45.6 Å². The number of carbonyl (C=O) groups is 3. The zero-order valence-electron chi connectivity index (χ0n) is 21.9. The zero-order chi connectivity index (χ0) is 30.0. The number of Topliss-reactive ketones (excluding diaryl/α,β-unsaturated/α-hetero) is 1. The van der Waals surface area contributed by atoms with E-state index in [4.69, 9.17) is 11.6 Å². The average molecular weight is 590 g/mol. The normalized spacial score (nSPS) is 16.0. The molecule has 212 valence electrons. The average Bonchev–Trinajstić information content (AvgIpc) is 2.97. The van der Waals surface area contributed by atoms with E-state index >= 15 is 0 Å². The van der Waals surface area contributed by atoms with Crippen LogP contribution in [0, 0.1) is 11.8 Å². The molecule has 1 aliphatic rings. The van der Waals surface area contributed by atoms with Gasteiger partial charge in [-0.05, 0) is 76.4 Å². The van der Waals surface area contributed by atoms with Gasteiger partial charge in [-0.1, -0.05) is 72.3 Å². The fourth-order valence-corrected chi connectivity index (χ4v) is 5.14. The summed E-state index contributed by atoms with van der Waals surface area (Å²) in [6.45, 7) is 0. The molecule has 2 atom stereocenters. The van der Waals surface area contributed by atoms with E-state index in [0.29, 0.717) is 16.2 Å². The van der Waals surface area contributed by atoms with Crippen LogP contribution in [0.2, 0.25) is 5.02 Å². The summed E-state index contributed by atoms with van der Waals surface area (Å²) in [6, 6.07) is 23.4. The van der Waals surface area contributed by atoms with E-state index < -0.39 is 41.2 Å². The number of nitrogens with one attached hydrogen (secondary N) is 1. The van der Waals surface area contributed by atoms with E-state index in [1.54, 1.807) is 30.3 Å². The van der Waals surface area contributed by atoms with Crippen LogP contribution in [0.5, 0.6) is 0 Å². The van der Waals surface area contributed by atoms with Crippen molar-refractivity contribution in [2.24, 2.45) is 11.8 Å². The number of carbonyl (C=O) groups excluding carboxylic acids is 2. The fraction of sp³-hybridized carbons (Fsp3) is 0.121. The third kappa shape index (κ3) is 6.14. The minimum absolute atomic E-state index is 0.0162. The van der Waals surface area contributed by atoms with Crippen molar-refractivity contribution in [1.29, 1.82) is 0 Å². The van der Waals surface area contributed by atoms with E-state index in [-0.39, 0.29) is 17.7 Å². The second kappa shape index (κ2) is 11.7. The Bertz CT molecular complexity index is 1740. The number of rotatable bonds is 7. The second-order valence-corrected chi connectivity index (χ2v) is 10.3. The van der Waals surface area contributed by atoms with Gasteiger partial charge in [-0.3, -0.25) is 14.4 Å². The number of fused-ring (bicyclic) bond motifs is 1. The summed E-state index contributed by atoms with van der Waals surface area (Å²) in [7, 11) is 0. The maximum atomic E-state index is 13.7. The molecular weight excluding hydrogens is 567 g/mol. The Balaban J connectivity index is 1.55. The highest BCUT2D eigenvalue weighted by Crippen LogP contribution is 2.35. The smallest absolute Gasteiger partial charge is 0.416 e. The van der Waals surface area contributed by atoms with Crippen molar-refractivity contribution in [3.05, 3.63) is 136 Å². The molecule has 5 nitrogen and oxygen atoms in total. The number of carboxylic acid groups (broad SMARTS) is 1. The predicted octanol–water partition coefficient (Wildman–Crippen LogP) is 7.35. The Morgan fingerprint density at radius 3 is 2.24 bits per heavy atom. The number of amides is 1. The fourth-order valence-electron chi connectivity index (χ4n) is 5.01. The summed E-state index contributed by atoms with van der Waals surface area (Å²) in [5.74, 6) is -4.96. The van der Waals surface area contributed by atoms with Gasteiger partial charge in [0.05, 0.1) is 23.1 Å². The molecule has 0 aromatic heterocycles. The number of carboxylic acids is 1. The highest BCUT2D eigenvalue weighted by Gasteiger charge is 2.37. The van der Waals surface area contributed by atoms with Crippen molar-refractivity contribution in [2.45, 2.75) is 12.6 Å². The van der Waals surface area contributed by atoms with E-state index in [0.717, 1.165) is 40.6 Å². The molecule has 2 unspecified atom stereocenters. The van der Waals surface area contributed by atoms with Crippen LogP contribution in [0.4, 0.5) is 13.2 Å². The Labute approximate surface area is 243 Å². The number of benzene rings is 4. The summed E-state index contributed by atoms with van der Waals surface area (Å²) in [5.41, 5.74) is 0.747. The first-order chi connectivity index (χ1) is 20.0. The molecule has 0 spiro atoms. The van der Waals surface area contributed by atoms with Gasteiger partial charge in [-0.25, -0.2) is 0 Å². The van der Waals surface area contributed by atoms with Crippen LogP contribution >= 0.6 is 11.6 Å². The van der Waals surface area contributed by atoms with Gasteiger partial charge in [0.15, 0.2) is 5.78 Å². The lowest BCUT2D eigenvalue weighted by atomic mass is 9.78. The van der Waals surface area contributed by atoms with Crippen LogP contribution in [-0.2, 0) is 22.2 Å². The first kappa shape index (κ1) is 28.8. The number of hydrogen-bond acceptors (Lipinski definition) is 3. The second-order valence-electron chi connectivity index (χ2n) is 9.90. The molecule has 0 saturated heterocycles. The summed E-state index contributed by atoms with van der Waals surface area (Å²) in [5, 5.41) is 15.0. The van der Waals surface area contributed by atoms with Crippen LogP contribution in [0.1, 0.15) is 27.0 Å². The van der Waals surface area contributed by atoms with E-state index in [1.165, 1.54) is 6.08 Å². The summed E-state index contributed by atoms with van der Waals surface area (Å²) in [6.07, 6.45) is -1.48. The number of aliphatic carboxylic acids is 1. The third-order valence-corrected chi connectivity index (χ3v) is 7.42. The van der Waals surface area contributed by atoms with Crippen LogP contribution in [0.15, 0.2) is 109 Å². The summed E-state index contributed by atoms with van der Waals surface area (Å²) >= 11 is 5.98. The predicted molar refractivity (Wildman–Crippen MR) is 154 cm³/mol. The van der Waals surface area contributed by atoms with Crippen LogP contribution < -0.4 is 5.32 Å². The van der Waals surface area contributed by atoms with E-state index in [9.17, 15) is 32.7 Å². The standard InChI is InChI=1S/C33H23ClF3NO4/c34-24-14-8-19(9-15-24)16-28(32(41)42)27-17-22(26-7-3-5-20-4-1-2-6-25(20)26)18-29(30(27)39)38-31(40)21-10-12-23(13-11-21)33(35,36)37/h1-15,17-18,27-28H,16H2,(H,38,40)(H,41,42). The Hall–Kier alpha value is -4.69. The Morgan fingerprint density at radius 2 is 1.57 bits per heavy atom. The number of halogens is 4. The SMILES string of the molecule is O=C(NC1=CC(c2cccc3ccccc23)=CC(C(Cc2ccc(Cl)cc2)C(=O)O)C1=O)c1ccc(C(F)(F)F)cc1. The summed E-state index contributed by atoms with van der Waals surface area (Å²) < 4.78 is 39.0. The molecule has 0 saturated carbocycles. The molecule has 0 radical (unpaired) electrons. The molecule has 9 heteroatoms. The van der Waals surface area contributed by atoms with Crippen molar-refractivity contribution in [2.75, 3.05) is 0 Å². The van der Waals surface area contributed by atoms with Gasteiger partial charge >= 0.3 is 12.1 Å². The molecule has 1 aliphatic carbocycles. The Morgan fingerprint density at radius 1 is 0.905 bits per heavy atom. The first-order valence-electron chi connectivity index (χ1n) is 12.9. The number of hydrogen-bond donors (Lipinski definition) is 2. The van der Waals surface area contributed by atoms with Gasteiger partial charge in [0.1, 0.15) is 0 Å². The highest BCUT2D eigenvalue weighted by atomic mass is 35.5. The van der Waals surface area contributed by atoms with Gasteiger partial charge in [0.25, 0.3) is 5.91 Å². The van der Waals surface area contributed by atoms with Crippen LogP contribution in [0.25, 0.3) is 16.3 Å². The lowest BCUT2D eigenvalue weighted by molar-refractivity contribution is -0.145. The molecule has 2 N–H and O–H groups in total. The first-order valence-corrected chi connectivity index (χ1v) is 13.3. The molecule has 0 aliphatic heterocycles. The van der Waals surface area contributed by atoms with Gasteiger partial charge in [0.2, 0.25) is 0 Å². The number of allylic oxidation sites excluding steroid dienone is 4. The molecule has 4 aromatic rings. The number of ketones is 1. The quantitative estimate of drug-likeness (QED) is 0.236. The van der Waals surface area contributed by atoms with E-state index in [1.807, 2.05) is 42.5 Å². The van der Waals surface area contributed by atoms with E-state index in [2.05, 4.69) is 5.32 Å². The van der Waals surface area contributed by atoms with Crippen LogP contribution in [-0.4, -0.2) is 22.8 Å². The molecule has 0 bridgehead atoms. The van der Waals surface area contributed by atoms with Crippen molar-refractivity contribution < 1.29 is 32.7 Å². The van der Waals surface area contributed by atoms with Crippen molar-refractivity contribution in [1.82, 2.24) is 5.32 Å². The lowest BCUT2D eigenvalue weighted by Gasteiger charge is -2.26. The third-order valence-electron chi connectivity index (χ3n) is 7.17. The molecular formula is C33H23ClF3NO4. The Kier molecular flexibility index (Phi) is 8.00. The minimum Gasteiger partial charge on any atom is -0.481 e. The molecule has 5 rings (SSSR count). The lowest BCUT2D eigenvalue weighted by Crippen LogP contribution is -2.38. The zero-order valence-corrected chi connectivity index (χ0v) is 22.6. The molecule has 0 heterocycles. The monoisotopic (exact) mass is 589 g/mol. The van der Waals surface area contributed by atoms with Gasteiger partial charge < -0.3 is 10.4 Å². The van der Waals surface area contributed by atoms with Crippen molar-refractivity contribution in [3.63, 3.8) is 0 Å². The van der Waals surface area contributed by atoms with Crippen LogP contribution in [0.3, 0.4) is 0 Å². The molecule has 1 amide bonds. The molecule has 0 fully saturated rings.